The Morgan fingerprint density at radius 3 is 2.68 bits per heavy atom. The van der Waals surface area contributed by atoms with E-state index in [1.54, 1.807) is 27.0 Å². The van der Waals surface area contributed by atoms with E-state index in [-0.39, 0.29) is 6.54 Å². The van der Waals surface area contributed by atoms with Crippen molar-refractivity contribution in [2.24, 2.45) is 0 Å². The number of ether oxygens (including phenoxy) is 3. The van der Waals surface area contributed by atoms with E-state index in [2.05, 4.69) is 20.9 Å². The van der Waals surface area contributed by atoms with Gasteiger partial charge < -0.3 is 14.2 Å². The second-order valence-electron chi connectivity index (χ2n) is 7.63. The van der Waals surface area contributed by atoms with E-state index < -0.39 is 29.8 Å². The minimum Gasteiger partial charge on any atom is -0.472 e. The van der Waals surface area contributed by atoms with Crippen molar-refractivity contribution in [1.82, 2.24) is 9.88 Å². The molecule has 0 N–H and O–H groups in total. The van der Waals surface area contributed by atoms with E-state index >= 15 is 0 Å². The van der Waals surface area contributed by atoms with Gasteiger partial charge in [0.1, 0.15) is 17.7 Å². The Morgan fingerprint density at radius 1 is 1.25 bits per heavy atom. The molecule has 1 fully saturated rings. The van der Waals surface area contributed by atoms with Gasteiger partial charge in [-0.3, -0.25) is 4.90 Å². The second kappa shape index (κ2) is 7.95. The number of aromatic nitrogens is 1. The molecule has 1 aliphatic heterocycles. The van der Waals surface area contributed by atoms with Crippen molar-refractivity contribution in [2.75, 3.05) is 13.7 Å². The van der Waals surface area contributed by atoms with Crippen molar-refractivity contribution in [3.63, 3.8) is 0 Å². The van der Waals surface area contributed by atoms with Crippen LogP contribution in [0.25, 0.3) is 10.8 Å². The summed E-state index contributed by atoms with van der Waals surface area (Å²) in [4.78, 5) is 30.5. The summed E-state index contributed by atoms with van der Waals surface area (Å²) >= 11 is 3.46. The molecule has 8 heteroatoms. The van der Waals surface area contributed by atoms with Crippen molar-refractivity contribution in [1.29, 1.82) is 0 Å². The molecule has 150 valence electrons. The van der Waals surface area contributed by atoms with E-state index in [1.165, 1.54) is 12.0 Å². The molecule has 0 bridgehead atoms. The molecule has 2 heterocycles. The lowest BCUT2D eigenvalue weighted by atomic mass is 10.1. The maximum atomic E-state index is 12.6. The number of likely N-dealkylation sites (tertiary alicyclic amines) is 1. The number of esters is 1. The third kappa shape index (κ3) is 4.55. The third-order valence-electron chi connectivity index (χ3n) is 4.33. The average molecular weight is 451 g/mol. The maximum absolute atomic E-state index is 12.6. The number of methoxy groups -OCH3 is 1. The molecule has 2 atom stereocenters. The summed E-state index contributed by atoms with van der Waals surface area (Å²) in [5.74, 6) is -0.0379. The monoisotopic (exact) mass is 450 g/mol. The number of halogens is 1. The highest BCUT2D eigenvalue weighted by atomic mass is 79.9. The van der Waals surface area contributed by atoms with E-state index in [1.807, 2.05) is 24.3 Å². The minimum atomic E-state index is -0.758. The highest BCUT2D eigenvalue weighted by Gasteiger charge is 2.43. The van der Waals surface area contributed by atoms with Crippen LogP contribution in [0.4, 0.5) is 4.79 Å². The fraction of sp³-hybridized carbons (Fsp3) is 0.450. The summed E-state index contributed by atoms with van der Waals surface area (Å²) < 4.78 is 17.3. The zero-order chi connectivity index (χ0) is 20.5. The van der Waals surface area contributed by atoms with Crippen LogP contribution in [0, 0.1) is 0 Å². The molecule has 28 heavy (non-hydrogen) atoms. The number of benzene rings is 1. The first-order chi connectivity index (χ1) is 13.2. The van der Waals surface area contributed by atoms with Crippen molar-refractivity contribution < 1.29 is 23.8 Å². The van der Waals surface area contributed by atoms with Crippen LogP contribution in [0.3, 0.4) is 0 Å². The molecule has 1 aromatic heterocycles. The number of hydrogen-bond donors (Lipinski definition) is 0. The fourth-order valence-corrected chi connectivity index (χ4v) is 3.49. The topological polar surface area (TPSA) is 78.0 Å². The van der Waals surface area contributed by atoms with Gasteiger partial charge in [0.15, 0.2) is 0 Å². The predicted octanol–water partition coefficient (Wildman–Crippen LogP) is 3.93. The number of hydrogen-bond acceptors (Lipinski definition) is 6. The molecule has 1 saturated heterocycles. The number of carbonyl (C=O) groups excluding carboxylic acids is 2. The summed E-state index contributed by atoms with van der Waals surface area (Å²) in [5.41, 5.74) is -0.667. The van der Waals surface area contributed by atoms with E-state index in [0.29, 0.717) is 12.3 Å². The first-order valence-electron chi connectivity index (χ1n) is 8.96. The van der Waals surface area contributed by atoms with Crippen LogP contribution in [-0.4, -0.2) is 53.3 Å². The molecular weight excluding hydrogens is 428 g/mol. The maximum Gasteiger partial charge on any atom is 0.411 e. The first kappa shape index (κ1) is 20.4. The Kier molecular flexibility index (Phi) is 5.79. The van der Waals surface area contributed by atoms with Gasteiger partial charge in [-0.05, 0) is 44.4 Å². The van der Waals surface area contributed by atoms with E-state index in [4.69, 9.17) is 14.2 Å². The molecule has 0 saturated carbocycles. The van der Waals surface area contributed by atoms with Crippen LogP contribution in [0.1, 0.15) is 27.2 Å². The Bertz CT molecular complexity index is 896. The molecule has 0 spiro atoms. The summed E-state index contributed by atoms with van der Waals surface area (Å²) in [6, 6.07) is 6.97. The molecule has 0 radical (unpaired) electrons. The molecule has 1 amide bonds. The molecule has 1 aromatic carbocycles. The Morgan fingerprint density at radius 2 is 2.00 bits per heavy atom. The number of pyridine rings is 1. The SMILES string of the molecule is COC(=O)[C@@H]1CC(Oc2nccc3ccc(Br)cc23)CN1C(=O)OC(C)(C)C. The number of amides is 1. The van der Waals surface area contributed by atoms with Crippen molar-refractivity contribution in [3.8, 4) is 5.88 Å². The van der Waals surface area contributed by atoms with Crippen molar-refractivity contribution in [2.45, 2.75) is 44.9 Å². The molecule has 2 aromatic rings. The van der Waals surface area contributed by atoms with Crippen LogP contribution in [0.2, 0.25) is 0 Å². The molecule has 1 unspecified atom stereocenters. The zero-order valence-corrected chi connectivity index (χ0v) is 17.9. The first-order valence-corrected chi connectivity index (χ1v) is 9.75. The van der Waals surface area contributed by atoms with Crippen LogP contribution in [0.5, 0.6) is 5.88 Å². The molecular formula is C20H23BrN2O5. The number of rotatable bonds is 3. The molecule has 3 rings (SSSR count). The van der Waals surface area contributed by atoms with Crippen molar-refractivity contribution in [3.05, 3.63) is 34.9 Å². The fourth-order valence-electron chi connectivity index (χ4n) is 3.13. The Hall–Kier alpha value is -2.35. The van der Waals surface area contributed by atoms with Gasteiger partial charge in [0.25, 0.3) is 0 Å². The van der Waals surface area contributed by atoms with Gasteiger partial charge in [-0.1, -0.05) is 22.0 Å². The summed E-state index contributed by atoms with van der Waals surface area (Å²) in [6.07, 6.45) is 0.999. The molecule has 7 nitrogen and oxygen atoms in total. The lowest BCUT2D eigenvalue weighted by Crippen LogP contribution is -2.44. The van der Waals surface area contributed by atoms with Gasteiger partial charge in [-0.15, -0.1) is 0 Å². The Balaban J connectivity index is 1.83. The lowest BCUT2D eigenvalue weighted by Gasteiger charge is -2.27. The van der Waals surface area contributed by atoms with Gasteiger partial charge in [0.05, 0.1) is 13.7 Å². The third-order valence-corrected chi connectivity index (χ3v) is 4.83. The van der Waals surface area contributed by atoms with Gasteiger partial charge >= 0.3 is 12.1 Å². The van der Waals surface area contributed by atoms with E-state index in [0.717, 1.165) is 15.2 Å². The standard InChI is InChI=1S/C20H23BrN2O5/c1-20(2,3)28-19(25)23-11-14(10-16(23)18(24)26-4)27-17-15-9-13(21)6-5-12(15)7-8-22-17/h5-9,14,16H,10-11H2,1-4H3/t14?,16-/m0/s1. The zero-order valence-electron chi connectivity index (χ0n) is 16.3. The minimum absolute atomic E-state index is 0.209. The van der Waals surface area contributed by atoms with Crippen LogP contribution in [0.15, 0.2) is 34.9 Å². The number of carbonyl (C=O) groups is 2. The predicted molar refractivity (Wildman–Crippen MR) is 107 cm³/mol. The van der Waals surface area contributed by atoms with Gasteiger partial charge in [0, 0.05) is 22.5 Å². The van der Waals surface area contributed by atoms with E-state index in [9.17, 15) is 9.59 Å². The largest absolute Gasteiger partial charge is 0.472 e. The summed E-state index contributed by atoms with van der Waals surface area (Å²) in [5, 5.41) is 1.84. The quantitative estimate of drug-likeness (QED) is 0.659. The van der Waals surface area contributed by atoms with Gasteiger partial charge in [-0.25, -0.2) is 14.6 Å². The smallest absolute Gasteiger partial charge is 0.411 e. The second-order valence-corrected chi connectivity index (χ2v) is 8.54. The van der Waals surface area contributed by atoms with Gasteiger partial charge in [-0.2, -0.15) is 0 Å². The van der Waals surface area contributed by atoms with Crippen molar-refractivity contribution >= 4 is 38.8 Å². The van der Waals surface area contributed by atoms with Crippen LogP contribution >= 0.6 is 15.9 Å². The average Bonchev–Trinajstić information content (AvgIpc) is 3.04. The van der Waals surface area contributed by atoms with Gasteiger partial charge in [0.2, 0.25) is 5.88 Å². The molecule has 1 aliphatic rings. The normalized spacial score (nSPS) is 19.5. The lowest BCUT2D eigenvalue weighted by molar-refractivity contribution is -0.145. The van der Waals surface area contributed by atoms with Crippen LogP contribution in [-0.2, 0) is 14.3 Å². The highest BCUT2D eigenvalue weighted by molar-refractivity contribution is 9.10. The highest BCUT2D eigenvalue weighted by Crippen LogP contribution is 2.30. The Labute approximate surface area is 172 Å². The summed E-state index contributed by atoms with van der Waals surface area (Å²) in [7, 11) is 1.30. The number of fused-ring (bicyclic) bond motifs is 1. The number of nitrogens with zero attached hydrogens (tertiary/aromatic N) is 2. The van der Waals surface area contributed by atoms with Crippen LogP contribution < -0.4 is 4.74 Å². The molecule has 0 aliphatic carbocycles. The summed E-state index contributed by atoms with van der Waals surface area (Å²) in [6.45, 7) is 5.54.